The van der Waals surface area contributed by atoms with Crippen LogP contribution in [0.3, 0.4) is 0 Å². The number of rotatable bonds is 10. The van der Waals surface area contributed by atoms with Crippen molar-refractivity contribution in [3.63, 3.8) is 0 Å². The van der Waals surface area contributed by atoms with Crippen LogP contribution in [-0.4, -0.2) is 62.7 Å². The molecule has 0 unspecified atom stereocenters. The lowest BCUT2D eigenvalue weighted by Crippen LogP contribution is -2.35. The minimum atomic E-state index is -5.08. The normalized spacial score (nSPS) is 11.1. The van der Waals surface area contributed by atoms with Crippen LogP contribution in [0.15, 0.2) is 34.2 Å². The Morgan fingerprint density at radius 3 is 2.33 bits per heavy atom. The third-order valence-corrected chi connectivity index (χ3v) is 7.02. The Morgan fingerprint density at radius 2 is 1.80 bits per heavy atom. The first-order valence-electron chi connectivity index (χ1n) is 10.8. The molecule has 0 radical (unpaired) electrons. The van der Waals surface area contributed by atoms with Gasteiger partial charge in [-0.25, -0.2) is 13.2 Å². The van der Waals surface area contributed by atoms with Crippen molar-refractivity contribution in [3.8, 4) is 0 Å². The lowest BCUT2D eigenvalue weighted by Gasteiger charge is -2.22. The number of oxime groups is 1. The number of sulfonamides is 1. The number of carbonyl (C=O) groups excluding carboxylic acids is 1. The van der Waals surface area contributed by atoms with Crippen LogP contribution in [-0.2, 0) is 36.6 Å². The molecular weight excluding hydrogens is 608 g/mol. The van der Waals surface area contributed by atoms with Crippen molar-refractivity contribution in [2.24, 2.45) is 16.6 Å². The lowest BCUT2D eigenvalue weighted by molar-refractivity contribution is -0.192. The van der Waals surface area contributed by atoms with E-state index in [0.29, 0.717) is 11.3 Å². The van der Waals surface area contributed by atoms with Gasteiger partial charge in [0.1, 0.15) is 12.3 Å². The molecule has 2 rings (SSSR count). The number of hydrogen-bond acceptors (Lipinski definition) is 7. The number of aromatic nitrogens is 1. The first kappa shape index (κ1) is 34.3. The van der Waals surface area contributed by atoms with Crippen LogP contribution >= 0.6 is 23.2 Å². The number of carbonyl (C=O) groups is 2. The van der Waals surface area contributed by atoms with E-state index >= 15 is 0 Å². The summed E-state index contributed by atoms with van der Waals surface area (Å²) < 4.78 is 58.6. The van der Waals surface area contributed by atoms with Crippen molar-refractivity contribution >= 4 is 56.7 Å². The zero-order valence-electron chi connectivity index (χ0n) is 20.9. The second kappa shape index (κ2) is 14.6. The highest BCUT2D eigenvalue weighted by atomic mass is 35.5. The molecule has 13 nitrogen and oxygen atoms in total. The highest BCUT2D eigenvalue weighted by molar-refractivity contribution is 7.92. The average Bonchev–Trinajstić information content (AvgIpc) is 2.80. The number of halogens is 5. The summed E-state index contributed by atoms with van der Waals surface area (Å²) in [7, 11) is -2.75. The molecule has 40 heavy (non-hydrogen) atoms. The lowest BCUT2D eigenvalue weighted by atomic mass is 10.1. The predicted molar refractivity (Wildman–Crippen MR) is 141 cm³/mol. The maximum Gasteiger partial charge on any atom is 0.490 e. The van der Waals surface area contributed by atoms with Crippen LogP contribution in [0.25, 0.3) is 0 Å². The van der Waals surface area contributed by atoms with E-state index < -0.39 is 39.4 Å². The van der Waals surface area contributed by atoms with E-state index in [1.807, 2.05) is 0 Å². The molecule has 0 aliphatic carbocycles. The van der Waals surface area contributed by atoms with Crippen LogP contribution in [0.2, 0.25) is 10.0 Å². The van der Waals surface area contributed by atoms with E-state index in [0.717, 1.165) is 4.31 Å². The third-order valence-electron chi connectivity index (χ3n) is 4.56. The number of anilines is 1. The van der Waals surface area contributed by atoms with Crippen LogP contribution in [0.4, 0.5) is 18.9 Å². The zero-order valence-corrected chi connectivity index (χ0v) is 23.2. The predicted octanol–water partition coefficient (Wildman–Crippen LogP) is 1.45. The number of nitrogens with two attached hydrogens (primary N) is 2. The first-order valence-corrected chi connectivity index (χ1v) is 13.1. The number of nitrogens with one attached hydrogen (secondary N) is 2. The summed E-state index contributed by atoms with van der Waals surface area (Å²) >= 11 is 11.9. The van der Waals surface area contributed by atoms with Crippen molar-refractivity contribution in [1.29, 1.82) is 0 Å². The van der Waals surface area contributed by atoms with E-state index in [1.165, 1.54) is 31.3 Å². The molecule has 0 atom stereocenters. The number of nitrogens with zero attached hydrogens (tertiary/aromatic N) is 2. The summed E-state index contributed by atoms with van der Waals surface area (Å²) in [6.45, 7) is 1.74. The van der Waals surface area contributed by atoms with E-state index in [1.54, 1.807) is 6.92 Å². The molecule has 19 heteroatoms. The number of H-pyrrole nitrogens is 1. The molecule has 0 saturated heterocycles. The van der Waals surface area contributed by atoms with Crippen molar-refractivity contribution in [3.05, 3.63) is 61.5 Å². The van der Waals surface area contributed by atoms with Gasteiger partial charge in [0.05, 0.1) is 28.8 Å². The van der Waals surface area contributed by atoms with Gasteiger partial charge in [-0.15, -0.1) is 0 Å². The number of hydrogen-bond donors (Lipinski definition) is 5. The Balaban J connectivity index is 0.00000101. The van der Waals surface area contributed by atoms with Gasteiger partial charge >= 0.3 is 12.1 Å². The Labute approximate surface area is 235 Å². The summed E-state index contributed by atoms with van der Waals surface area (Å²) in [4.78, 5) is 41.2. The van der Waals surface area contributed by atoms with Gasteiger partial charge in [-0.05, 0) is 41.4 Å². The summed E-state index contributed by atoms with van der Waals surface area (Å²) in [6, 6.07) is 5.99. The molecule has 1 amide bonds. The monoisotopic (exact) mass is 632 g/mol. The van der Waals surface area contributed by atoms with E-state index in [-0.39, 0.29) is 46.8 Å². The molecule has 0 aliphatic heterocycles. The van der Waals surface area contributed by atoms with Gasteiger partial charge in [0, 0.05) is 12.7 Å². The number of pyridine rings is 1. The number of carboxylic acid groups (broad SMARTS) is 1. The zero-order chi connectivity index (χ0) is 30.8. The van der Waals surface area contributed by atoms with Crippen molar-refractivity contribution < 1.29 is 41.1 Å². The topological polar surface area (TPSA) is 210 Å². The van der Waals surface area contributed by atoms with Crippen molar-refractivity contribution in [2.45, 2.75) is 25.3 Å². The van der Waals surface area contributed by atoms with Gasteiger partial charge in [-0.3, -0.25) is 13.9 Å². The molecule has 222 valence electrons. The number of aryl methyl sites for hydroxylation is 1. The maximum absolute atomic E-state index is 13.0. The second-order valence-electron chi connectivity index (χ2n) is 7.81. The van der Waals surface area contributed by atoms with Crippen LogP contribution in [0.1, 0.15) is 16.8 Å². The number of alkyl halides is 3. The second-order valence-corrected chi connectivity index (χ2v) is 10.6. The summed E-state index contributed by atoms with van der Waals surface area (Å²) in [5.74, 6) is -3.89. The highest BCUT2D eigenvalue weighted by Crippen LogP contribution is 2.26. The SMILES string of the molecule is Cc1cc(CC(=O)NCCON=C(N)N)c(N(C)S(=O)(=O)Cc2ccc(Cl)c(Cl)c2)c(=O)[nH]1.O=C(O)C(F)(F)F. The quantitative estimate of drug-likeness (QED) is 0.111. The largest absolute Gasteiger partial charge is 0.490 e. The van der Waals surface area contributed by atoms with Gasteiger partial charge in [0.25, 0.3) is 5.56 Å². The Hall–Kier alpha value is -3.70. The van der Waals surface area contributed by atoms with E-state index in [9.17, 15) is 31.2 Å². The minimum absolute atomic E-state index is 0.0167. The number of amides is 1. The number of carboxylic acids is 1. The number of aliphatic carboxylic acids is 1. The molecular formula is C21H25Cl2F3N6O7S. The first-order chi connectivity index (χ1) is 18.3. The van der Waals surface area contributed by atoms with Gasteiger partial charge in [0.2, 0.25) is 21.9 Å². The average molecular weight is 633 g/mol. The standard InChI is InChI=1S/C19H24Cl2N6O5S.C2HF3O2/c1-11-7-13(9-16(28)24-5-6-32-26-19(22)23)17(18(29)25-11)27(2)33(30,31)10-12-3-4-14(20)15(21)8-12;3-2(4,5)1(6)7/h3-4,7-8H,5-6,9-10H2,1-2H3,(H,24,28)(H,25,29)(H4,22,23,26);(H,6,7). The number of aromatic amines is 1. The molecule has 1 aromatic heterocycles. The fourth-order valence-electron chi connectivity index (χ4n) is 2.90. The minimum Gasteiger partial charge on any atom is -0.475 e. The number of guanidine groups is 1. The van der Waals surface area contributed by atoms with Gasteiger partial charge < -0.3 is 31.7 Å². The number of benzene rings is 1. The van der Waals surface area contributed by atoms with E-state index in [2.05, 4.69) is 15.5 Å². The smallest absolute Gasteiger partial charge is 0.475 e. The van der Waals surface area contributed by atoms with Gasteiger partial charge in [-0.2, -0.15) is 13.2 Å². The third kappa shape index (κ3) is 11.2. The molecule has 1 aromatic carbocycles. The van der Waals surface area contributed by atoms with Gasteiger partial charge in [-0.1, -0.05) is 29.3 Å². The maximum atomic E-state index is 13.0. The highest BCUT2D eigenvalue weighted by Gasteiger charge is 2.38. The molecule has 2 aromatic rings. The van der Waals surface area contributed by atoms with Crippen LogP contribution in [0, 0.1) is 6.92 Å². The fourth-order valence-corrected chi connectivity index (χ4v) is 4.49. The molecule has 0 bridgehead atoms. The summed E-state index contributed by atoms with van der Waals surface area (Å²) in [5.41, 5.74) is 10.5. The van der Waals surface area contributed by atoms with Crippen LogP contribution < -0.4 is 26.6 Å². The Kier molecular flexibility index (Phi) is 12.5. The Morgan fingerprint density at radius 1 is 1.20 bits per heavy atom. The summed E-state index contributed by atoms with van der Waals surface area (Å²) in [6.07, 6.45) is -5.32. The molecule has 0 aliphatic rings. The fraction of sp³-hybridized carbons (Fsp3) is 0.333. The van der Waals surface area contributed by atoms with Crippen molar-refractivity contribution in [2.75, 3.05) is 24.5 Å². The van der Waals surface area contributed by atoms with E-state index in [4.69, 9.17) is 49.4 Å². The molecule has 0 fully saturated rings. The van der Waals surface area contributed by atoms with Crippen LogP contribution in [0.5, 0.6) is 0 Å². The molecule has 0 spiro atoms. The van der Waals surface area contributed by atoms with Gasteiger partial charge in [0.15, 0.2) is 0 Å². The molecule has 1 heterocycles. The summed E-state index contributed by atoms with van der Waals surface area (Å²) in [5, 5.41) is 13.5. The molecule has 7 N–H and O–H groups in total. The van der Waals surface area contributed by atoms with Crippen molar-refractivity contribution in [1.82, 2.24) is 10.3 Å². The molecule has 0 saturated carbocycles. The Bertz CT molecular complexity index is 1410.